The molecule has 30 heavy (non-hydrogen) atoms. The zero-order valence-corrected chi connectivity index (χ0v) is 18.8. The minimum Gasteiger partial charge on any atom is -0.463 e. The molecule has 9 heteroatoms. The molecular weight excluding hydrogens is 396 g/mol. The molecule has 2 unspecified atom stereocenters. The lowest BCUT2D eigenvalue weighted by molar-refractivity contribution is -0.163. The van der Waals surface area contributed by atoms with Crippen LogP contribution in [0.4, 0.5) is 0 Å². The molecule has 1 fully saturated rings. The topological polar surface area (TPSA) is 122 Å². The SMILES string of the molecule is CCC(C)(C)C(=O)OCCOC(=O)CC(C)=O.CCC(C)C(=O)OC1CCOC1=O. The van der Waals surface area contributed by atoms with E-state index in [1.807, 2.05) is 13.8 Å². The maximum Gasteiger partial charge on any atom is 0.347 e. The maximum absolute atomic E-state index is 11.5. The summed E-state index contributed by atoms with van der Waals surface area (Å²) in [6.45, 7) is 10.8. The zero-order chi connectivity index (χ0) is 23.3. The first-order valence-electron chi connectivity index (χ1n) is 10.1. The van der Waals surface area contributed by atoms with E-state index in [1.54, 1.807) is 20.8 Å². The summed E-state index contributed by atoms with van der Waals surface area (Å²) in [4.78, 5) is 55.2. The molecule has 0 bridgehead atoms. The number of cyclic esters (lactones) is 1. The summed E-state index contributed by atoms with van der Waals surface area (Å²) in [5.74, 6) is -2.04. The molecule has 1 heterocycles. The first kappa shape index (κ1) is 27.5. The summed E-state index contributed by atoms with van der Waals surface area (Å²) in [6, 6.07) is 0. The predicted octanol–water partition coefficient (Wildman–Crippen LogP) is 2.38. The molecule has 172 valence electrons. The Kier molecular flexibility index (Phi) is 12.6. The van der Waals surface area contributed by atoms with E-state index >= 15 is 0 Å². The van der Waals surface area contributed by atoms with Crippen LogP contribution in [0.3, 0.4) is 0 Å². The summed E-state index contributed by atoms with van der Waals surface area (Å²) >= 11 is 0. The number of carbonyl (C=O) groups is 5. The highest BCUT2D eigenvalue weighted by molar-refractivity contribution is 5.94. The van der Waals surface area contributed by atoms with Gasteiger partial charge in [-0.2, -0.15) is 0 Å². The van der Waals surface area contributed by atoms with Crippen LogP contribution in [-0.2, 0) is 42.9 Å². The Bertz CT molecular complexity index is 610. The minimum atomic E-state index is -0.665. The number of ether oxygens (including phenoxy) is 4. The monoisotopic (exact) mass is 430 g/mol. The summed E-state index contributed by atoms with van der Waals surface area (Å²) in [7, 11) is 0. The van der Waals surface area contributed by atoms with Crippen LogP contribution in [0.1, 0.15) is 67.2 Å². The van der Waals surface area contributed by atoms with Gasteiger partial charge in [0.25, 0.3) is 0 Å². The summed E-state index contributed by atoms with van der Waals surface area (Å²) in [5.41, 5.74) is -0.524. The lowest BCUT2D eigenvalue weighted by Crippen LogP contribution is -2.27. The lowest BCUT2D eigenvalue weighted by atomic mass is 9.91. The number of rotatable bonds is 10. The fourth-order valence-electron chi connectivity index (χ4n) is 1.89. The molecule has 0 N–H and O–H groups in total. The molecule has 0 aliphatic carbocycles. The number of hydrogen-bond donors (Lipinski definition) is 0. The fraction of sp³-hybridized carbons (Fsp3) is 0.762. The normalized spacial score (nSPS) is 16.5. The Morgan fingerprint density at radius 3 is 2.20 bits per heavy atom. The third-order valence-electron chi connectivity index (χ3n) is 4.57. The summed E-state index contributed by atoms with van der Waals surface area (Å²) < 4.78 is 19.3. The van der Waals surface area contributed by atoms with E-state index < -0.39 is 23.5 Å². The van der Waals surface area contributed by atoms with Gasteiger partial charge in [0.15, 0.2) is 0 Å². The lowest BCUT2D eigenvalue weighted by Gasteiger charge is -2.20. The Hall–Kier alpha value is -2.45. The van der Waals surface area contributed by atoms with Gasteiger partial charge in [-0.25, -0.2) is 4.79 Å². The highest BCUT2D eigenvalue weighted by atomic mass is 16.6. The van der Waals surface area contributed by atoms with Crippen LogP contribution >= 0.6 is 0 Å². The number of esters is 4. The Labute approximate surface area is 177 Å². The van der Waals surface area contributed by atoms with Crippen molar-refractivity contribution >= 4 is 29.7 Å². The van der Waals surface area contributed by atoms with Crippen molar-refractivity contribution < 1.29 is 42.9 Å². The van der Waals surface area contributed by atoms with E-state index in [2.05, 4.69) is 4.74 Å². The van der Waals surface area contributed by atoms with E-state index in [0.29, 0.717) is 19.4 Å². The van der Waals surface area contributed by atoms with Crippen molar-refractivity contribution in [3.8, 4) is 0 Å². The van der Waals surface area contributed by atoms with Crippen LogP contribution in [0.2, 0.25) is 0 Å². The average molecular weight is 430 g/mol. The van der Waals surface area contributed by atoms with Crippen molar-refractivity contribution in [3.63, 3.8) is 0 Å². The molecule has 0 aromatic carbocycles. The van der Waals surface area contributed by atoms with Gasteiger partial charge in [-0.3, -0.25) is 19.2 Å². The minimum absolute atomic E-state index is 0.0162. The molecule has 0 aromatic heterocycles. The van der Waals surface area contributed by atoms with Crippen molar-refractivity contribution in [2.45, 2.75) is 73.3 Å². The van der Waals surface area contributed by atoms with Crippen LogP contribution in [0.5, 0.6) is 0 Å². The van der Waals surface area contributed by atoms with E-state index in [-0.39, 0.29) is 43.3 Å². The fourth-order valence-corrected chi connectivity index (χ4v) is 1.89. The second-order valence-electron chi connectivity index (χ2n) is 7.66. The Morgan fingerprint density at radius 1 is 1.13 bits per heavy atom. The number of Topliss-reactive ketones (excluding diaryl/α,β-unsaturated/α-hetero) is 1. The van der Waals surface area contributed by atoms with Gasteiger partial charge in [0.05, 0.1) is 17.9 Å². The quantitative estimate of drug-likeness (QED) is 0.222. The second kappa shape index (κ2) is 13.7. The molecule has 9 nitrogen and oxygen atoms in total. The van der Waals surface area contributed by atoms with Crippen molar-refractivity contribution in [3.05, 3.63) is 0 Å². The number of ketones is 1. The predicted molar refractivity (Wildman–Crippen MR) is 106 cm³/mol. The molecule has 1 aliphatic rings. The molecule has 0 spiro atoms. The van der Waals surface area contributed by atoms with Crippen molar-refractivity contribution in [2.24, 2.45) is 11.3 Å². The van der Waals surface area contributed by atoms with Crippen LogP contribution in [0.25, 0.3) is 0 Å². The third-order valence-corrected chi connectivity index (χ3v) is 4.57. The summed E-state index contributed by atoms with van der Waals surface area (Å²) in [6.07, 6.45) is 0.980. The van der Waals surface area contributed by atoms with Crippen LogP contribution in [0.15, 0.2) is 0 Å². The largest absolute Gasteiger partial charge is 0.463 e. The molecule has 0 amide bonds. The van der Waals surface area contributed by atoms with Gasteiger partial charge in [-0.15, -0.1) is 0 Å². The molecule has 1 rings (SSSR count). The van der Waals surface area contributed by atoms with E-state index in [4.69, 9.17) is 14.2 Å². The molecule has 0 radical (unpaired) electrons. The van der Waals surface area contributed by atoms with E-state index in [1.165, 1.54) is 6.92 Å². The summed E-state index contributed by atoms with van der Waals surface area (Å²) in [5, 5.41) is 0. The van der Waals surface area contributed by atoms with Gasteiger partial charge in [-0.1, -0.05) is 20.8 Å². The van der Waals surface area contributed by atoms with E-state index in [0.717, 1.165) is 6.42 Å². The van der Waals surface area contributed by atoms with Crippen LogP contribution < -0.4 is 0 Å². The van der Waals surface area contributed by atoms with Crippen LogP contribution in [-0.4, -0.2) is 55.6 Å². The standard InChI is InChI=1S/C12H20O5.C9H14O4/c1-5-12(3,4)11(15)17-7-6-16-10(14)8-9(2)13;1-3-6(2)8(10)13-7-4-5-12-9(7)11/h5-8H2,1-4H3;6-7H,3-5H2,1-2H3. The molecular formula is C21H34O9. The van der Waals surface area contributed by atoms with Crippen molar-refractivity contribution in [1.82, 2.24) is 0 Å². The van der Waals surface area contributed by atoms with Crippen molar-refractivity contribution in [1.29, 1.82) is 0 Å². The molecule has 1 aliphatic heterocycles. The van der Waals surface area contributed by atoms with Crippen LogP contribution in [0, 0.1) is 11.3 Å². The van der Waals surface area contributed by atoms with Gasteiger partial charge in [0, 0.05) is 6.42 Å². The van der Waals surface area contributed by atoms with E-state index in [9.17, 15) is 24.0 Å². The van der Waals surface area contributed by atoms with Crippen molar-refractivity contribution in [2.75, 3.05) is 19.8 Å². The van der Waals surface area contributed by atoms with Gasteiger partial charge in [-0.05, 0) is 33.6 Å². The molecule has 1 saturated heterocycles. The van der Waals surface area contributed by atoms with Gasteiger partial charge in [0.1, 0.15) is 25.4 Å². The number of carbonyl (C=O) groups excluding carboxylic acids is 5. The highest BCUT2D eigenvalue weighted by Gasteiger charge is 2.31. The highest BCUT2D eigenvalue weighted by Crippen LogP contribution is 2.21. The first-order valence-corrected chi connectivity index (χ1v) is 10.1. The smallest absolute Gasteiger partial charge is 0.347 e. The average Bonchev–Trinajstić information content (AvgIpc) is 3.08. The van der Waals surface area contributed by atoms with Gasteiger partial charge in [0.2, 0.25) is 6.10 Å². The Balaban J connectivity index is 0.000000579. The second-order valence-corrected chi connectivity index (χ2v) is 7.66. The Morgan fingerprint density at radius 2 is 1.73 bits per heavy atom. The first-order chi connectivity index (χ1) is 13.9. The number of hydrogen-bond acceptors (Lipinski definition) is 9. The molecule has 0 saturated carbocycles. The van der Waals surface area contributed by atoms with Gasteiger partial charge >= 0.3 is 23.9 Å². The molecule has 2 atom stereocenters. The zero-order valence-electron chi connectivity index (χ0n) is 18.8. The maximum atomic E-state index is 11.5. The molecule has 0 aromatic rings. The third kappa shape index (κ3) is 10.9. The van der Waals surface area contributed by atoms with Gasteiger partial charge < -0.3 is 18.9 Å².